The van der Waals surface area contributed by atoms with Crippen LogP contribution in [0.25, 0.3) is 11.1 Å². The highest BCUT2D eigenvalue weighted by Gasteiger charge is 2.27. The van der Waals surface area contributed by atoms with Gasteiger partial charge in [0, 0.05) is 25.6 Å². The zero-order chi connectivity index (χ0) is 15.8. The summed E-state index contributed by atoms with van der Waals surface area (Å²) in [6.07, 6.45) is 1.48. The van der Waals surface area contributed by atoms with Gasteiger partial charge >= 0.3 is 0 Å². The van der Waals surface area contributed by atoms with Gasteiger partial charge in [0.25, 0.3) is 0 Å². The zero-order valence-electron chi connectivity index (χ0n) is 13.3. The smallest absolute Gasteiger partial charge is 0.0717 e. The van der Waals surface area contributed by atoms with E-state index >= 15 is 0 Å². The standard InChI is InChI=1S/C20H23NO2/c22-13-16-7-8-21(12-20(16)23)11-14-5-6-19-17(9-14)10-15-3-1-2-4-18(15)19/h1-6,9,16,20,22-23H,7-8,10-13H2/t16-,20-/m1/s1. The molecule has 2 N–H and O–H groups in total. The molecule has 3 nitrogen and oxygen atoms in total. The van der Waals surface area contributed by atoms with Crippen molar-refractivity contribution in [2.75, 3.05) is 19.7 Å². The number of aliphatic hydroxyl groups is 2. The molecule has 2 aromatic rings. The van der Waals surface area contributed by atoms with Crippen molar-refractivity contribution in [2.45, 2.75) is 25.5 Å². The van der Waals surface area contributed by atoms with Crippen molar-refractivity contribution < 1.29 is 10.2 Å². The topological polar surface area (TPSA) is 43.7 Å². The number of nitrogens with zero attached hydrogens (tertiary/aromatic N) is 1. The summed E-state index contributed by atoms with van der Waals surface area (Å²) in [5.74, 6) is 0.0424. The lowest BCUT2D eigenvalue weighted by atomic mass is 9.94. The van der Waals surface area contributed by atoms with E-state index in [2.05, 4.69) is 47.4 Å². The summed E-state index contributed by atoms with van der Waals surface area (Å²) in [6.45, 7) is 2.56. The van der Waals surface area contributed by atoms with Gasteiger partial charge in [0.15, 0.2) is 0 Å². The van der Waals surface area contributed by atoms with E-state index < -0.39 is 6.10 Å². The lowest BCUT2D eigenvalue weighted by Gasteiger charge is -2.35. The number of piperidine rings is 1. The molecule has 3 heteroatoms. The number of likely N-dealkylation sites (tertiary alicyclic amines) is 1. The first-order valence-electron chi connectivity index (χ1n) is 8.46. The molecule has 1 heterocycles. The Labute approximate surface area is 137 Å². The van der Waals surface area contributed by atoms with Crippen LogP contribution >= 0.6 is 0 Å². The summed E-state index contributed by atoms with van der Waals surface area (Å²) in [5, 5.41) is 19.3. The Morgan fingerprint density at radius 1 is 1.04 bits per heavy atom. The minimum atomic E-state index is -0.410. The maximum absolute atomic E-state index is 10.1. The van der Waals surface area contributed by atoms with Crippen LogP contribution in [0.2, 0.25) is 0 Å². The van der Waals surface area contributed by atoms with E-state index in [4.69, 9.17) is 0 Å². The van der Waals surface area contributed by atoms with Crippen LogP contribution in [0.5, 0.6) is 0 Å². The van der Waals surface area contributed by atoms with Crippen molar-refractivity contribution in [3.05, 3.63) is 59.2 Å². The first kappa shape index (κ1) is 14.9. The van der Waals surface area contributed by atoms with Crippen molar-refractivity contribution >= 4 is 0 Å². The molecule has 2 aliphatic rings. The molecule has 120 valence electrons. The fraction of sp³-hybridized carbons (Fsp3) is 0.400. The van der Waals surface area contributed by atoms with E-state index in [9.17, 15) is 10.2 Å². The van der Waals surface area contributed by atoms with Gasteiger partial charge in [-0.05, 0) is 47.2 Å². The van der Waals surface area contributed by atoms with Gasteiger partial charge in [0.2, 0.25) is 0 Å². The molecule has 0 aromatic heterocycles. The number of aliphatic hydroxyl groups excluding tert-OH is 2. The molecule has 2 aromatic carbocycles. The monoisotopic (exact) mass is 309 g/mol. The SMILES string of the molecule is OC[C@H]1CCN(Cc2ccc3c(c2)Cc2ccccc2-3)C[C@H]1O. The van der Waals surface area contributed by atoms with Crippen molar-refractivity contribution in [1.82, 2.24) is 4.90 Å². The third kappa shape index (κ3) is 2.80. The Morgan fingerprint density at radius 2 is 1.87 bits per heavy atom. The second kappa shape index (κ2) is 6.08. The maximum Gasteiger partial charge on any atom is 0.0717 e. The number of hydrogen-bond donors (Lipinski definition) is 2. The van der Waals surface area contributed by atoms with Crippen LogP contribution in [-0.2, 0) is 13.0 Å². The van der Waals surface area contributed by atoms with Crippen LogP contribution < -0.4 is 0 Å². The van der Waals surface area contributed by atoms with Crippen LogP contribution in [0.3, 0.4) is 0 Å². The molecule has 1 saturated heterocycles. The lowest BCUT2D eigenvalue weighted by Crippen LogP contribution is -2.44. The number of β-amino-alcohol motifs (C(OH)–C–C–N with tert-alkyl or cyclic N) is 1. The van der Waals surface area contributed by atoms with Gasteiger partial charge in [-0.2, -0.15) is 0 Å². The zero-order valence-corrected chi connectivity index (χ0v) is 13.3. The molecular weight excluding hydrogens is 286 g/mol. The van der Waals surface area contributed by atoms with Crippen molar-refractivity contribution in [2.24, 2.45) is 5.92 Å². The Hall–Kier alpha value is -1.68. The molecule has 0 saturated carbocycles. The van der Waals surface area contributed by atoms with Gasteiger partial charge in [-0.25, -0.2) is 0 Å². The maximum atomic E-state index is 10.1. The van der Waals surface area contributed by atoms with Gasteiger partial charge in [0.05, 0.1) is 6.10 Å². The third-order valence-corrected chi connectivity index (χ3v) is 5.30. The molecule has 4 rings (SSSR count). The average molecular weight is 309 g/mol. The predicted octanol–water partition coefficient (Wildman–Crippen LogP) is 2.43. The van der Waals surface area contributed by atoms with Gasteiger partial charge in [-0.15, -0.1) is 0 Å². The summed E-state index contributed by atoms with van der Waals surface area (Å²) in [4.78, 5) is 2.29. The minimum Gasteiger partial charge on any atom is -0.396 e. The van der Waals surface area contributed by atoms with E-state index in [-0.39, 0.29) is 12.5 Å². The molecule has 2 atom stereocenters. The normalized spacial score (nSPS) is 23.6. The molecule has 0 radical (unpaired) electrons. The summed E-state index contributed by atoms with van der Waals surface area (Å²) in [5.41, 5.74) is 6.87. The molecular formula is C20H23NO2. The van der Waals surface area contributed by atoms with E-state index in [0.29, 0.717) is 6.54 Å². The third-order valence-electron chi connectivity index (χ3n) is 5.30. The van der Waals surface area contributed by atoms with Gasteiger partial charge in [-0.3, -0.25) is 4.90 Å². The molecule has 1 aliphatic heterocycles. The lowest BCUT2D eigenvalue weighted by molar-refractivity contribution is -0.00444. The van der Waals surface area contributed by atoms with E-state index in [0.717, 1.165) is 25.9 Å². The average Bonchev–Trinajstić information content (AvgIpc) is 2.92. The Balaban J connectivity index is 1.49. The second-order valence-corrected chi connectivity index (χ2v) is 6.86. The molecule has 23 heavy (non-hydrogen) atoms. The molecule has 1 fully saturated rings. The largest absolute Gasteiger partial charge is 0.396 e. The van der Waals surface area contributed by atoms with Crippen LogP contribution in [0.1, 0.15) is 23.1 Å². The van der Waals surface area contributed by atoms with Crippen molar-refractivity contribution in [3.63, 3.8) is 0 Å². The molecule has 0 bridgehead atoms. The fourth-order valence-corrected chi connectivity index (χ4v) is 3.96. The summed E-state index contributed by atoms with van der Waals surface area (Å²) in [6, 6.07) is 15.4. The number of fused-ring (bicyclic) bond motifs is 3. The van der Waals surface area contributed by atoms with Crippen LogP contribution in [-0.4, -0.2) is 40.9 Å². The molecule has 1 aliphatic carbocycles. The summed E-state index contributed by atoms with van der Waals surface area (Å²) in [7, 11) is 0. The first-order valence-corrected chi connectivity index (χ1v) is 8.46. The molecule has 0 spiro atoms. The second-order valence-electron chi connectivity index (χ2n) is 6.86. The van der Waals surface area contributed by atoms with E-state index in [1.54, 1.807) is 0 Å². The number of hydrogen-bond acceptors (Lipinski definition) is 3. The number of rotatable bonds is 3. The highest BCUT2D eigenvalue weighted by molar-refractivity contribution is 5.76. The van der Waals surface area contributed by atoms with Crippen LogP contribution in [0.4, 0.5) is 0 Å². The summed E-state index contributed by atoms with van der Waals surface area (Å²) < 4.78 is 0. The van der Waals surface area contributed by atoms with E-state index in [1.165, 1.54) is 27.8 Å². The predicted molar refractivity (Wildman–Crippen MR) is 91.2 cm³/mol. The fourth-order valence-electron chi connectivity index (χ4n) is 3.96. The summed E-state index contributed by atoms with van der Waals surface area (Å²) >= 11 is 0. The highest BCUT2D eigenvalue weighted by Crippen LogP contribution is 2.36. The Kier molecular flexibility index (Phi) is 3.93. The van der Waals surface area contributed by atoms with Gasteiger partial charge < -0.3 is 10.2 Å². The Bertz CT molecular complexity index is 713. The molecule has 0 unspecified atom stereocenters. The van der Waals surface area contributed by atoms with Crippen LogP contribution in [0, 0.1) is 5.92 Å². The van der Waals surface area contributed by atoms with Crippen molar-refractivity contribution in [3.8, 4) is 11.1 Å². The quantitative estimate of drug-likeness (QED) is 0.781. The number of benzene rings is 2. The van der Waals surface area contributed by atoms with E-state index in [1.807, 2.05) is 0 Å². The first-order chi connectivity index (χ1) is 11.2. The highest BCUT2D eigenvalue weighted by atomic mass is 16.3. The van der Waals surface area contributed by atoms with Gasteiger partial charge in [-0.1, -0.05) is 42.5 Å². The molecule has 0 amide bonds. The van der Waals surface area contributed by atoms with Crippen molar-refractivity contribution in [1.29, 1.82) is 0 Å². The minimum absolute atomic E-state index is 0.0424. The van der Waals surface area contributed by atoms with Gasteiger partial charge in [0.1, 0.15) is 0 Å². The van der Waals surface area contributed by atoms with Crippen LogP contribution in [0.15, 0.2) is 42.5 Å². The Morgan fingerprint density at radius 3 is 2.70 bits per heavy atom.